The second-order valence-corrected chi connectivity index (χ2v) is 8.23. The van der Waals surface area contributed by atoms with Crippen LogP contribution in [0.2, 0.25) is 30.1 Å². The first-order valence-corrected chi connectivity index (χ1v) is 14.3. The number of pyridine rings is 3. The van der Waals surface area contributed by atoms with E-state index in [0.717, 1.165) is 5.02 Å². The Kier molecular flexibility index (Phi) is 32.5. The molecule has 0 fully saturated rings. The van der Waals surface area contributed by atoms with Crippen LogP contribution in [0.3, 0.4) is 0 Å². The molecule has 2 aromatic carbocycles. The SMILES string of the molecule is Cl[c-]1cccc1.Clc1c(Cl)c(Cl)[c-](Cl)c1Cl.[Cl-].[Cl-].[Cl][Ti+].c1cc[nH+]cc1.c1cc[nH+]cc1.c1cc[nH+]cc1. The van der Waals surface area contributed by atoms with Gasteiger partial charge in [-0.25, -0.2) is 27.1 Å². The Labute approximate surface area is 281 Å². The first-order chi connectivity index (χ1) is 17.4. The fraction of sp³-hybridized carbons (Fsp3) is 0. The van der Waals surface area contributed by atoms with Crippen LogP contribution in [0.5, 0.6) is 0 Å². The summed E-state index contributed by atoms with van der Waals surface area (Å²) in [5.74, 6) is 0. The smallest absolute Gasteiger partial charge is 0.166 e. The molecule has 5 aromatic rings. The third-order valence-corrected chi connectivity index (χ3v) is 6.03. The summed E-state index contributed by atoms with van der Waals surface area (Å²) >= 11 is 34.8. The van der Waals surface area contributed by atoms with Crippen molar-refractivity contribution < 1.29 is 59.1 Å². The van der Waals surface area contributed by atoms with Crippen molar-refractivity contribution in [3.05, 3.63) is 146 Å². The van der Waals surface area contributed by atoms with Crippen molar-refractivity contribution in [1.82, 2.24) is 0 Å². The first kappa shape index (κ1) is 41.9. The third-order valence-electron chi connectivity index (χ3n) is 3.41. The van der Waals surface area contributed by atoms with Gasteiger partial charge in [0.2, 0.25) is 0 Å². The van der Waals surface area contributed by atoms with Gasteiger partial charge in [0.25, 0.3) is 0 Å². The largest absolute Gasteiger partial charge is 0.218 e. The molecule has 3 heterocycles. The van der Waals surface area contributed by atoms with Crippen molar-refractivity contribution >= 4 is 78.9 Å². The van der Waals surface area contributed by atoms with Crippen molar-refractivity contribution in [2.75, 3.05) is 0 Å². The summed E-state index contributed by atoms with van der Waals surface area (Å²) in [7, 11) is 4.64. The second-order valence-electron chi connectivity index (χ2n) is 5.91. The van der Waals surface area contributed by atoms with Gasteiger partial charge in [-0.15, -0.1) is 23.2 Å². The van der Waals surface area contributed by atoms with E-state index in [1.165, 1.54) is 19.4 Å². The molecule has 0 amide bonds. The number of aromatic amines is 3. The van der Waals surface area contributed by atoms with Gasteiger partial charge >= 0.3 is 28.7 Å². The summed E-state index contributed by atoms with van der Waals surface area (Å²) in [5.41, 5.74) is 0. The molecule has 3 aromatic heterocycles. The molecular formula is C25H22Cl9N3Ti. The molecule has 0 radical (unpaired) electrons. The summed E-state index contributed by atoms with van der Waals surface area (Å²) < 4.78 is 0. The molecule has 3 nitrogen and oxygen atoms in total. The van der Waals surface area contributed by atoms with E-state index >= 15 is 0 Å². The Bertz CT molecular complexity index is 882. The molecule has 0 aliphatic rings. The summed E-state index contributed by atoms with van der Waals surface area (Å²) in [5, 5.41) is 1.85. The van der Waals surface area contributed by atoms with E-state index in [1.54, 1.807) is 0 Å². The van der Waals surface area contributed by atoms with Crippen molar-refractivity contribution in [2.24, 2.45) is 0 Å². The Morgan fingerprint density at radius 1 is 0.474 bits per heavy atom. The van der Waals surface area contributed by atoms with Crippen LogP contribution in [-0.4, -0.2) is 0 Å². The number of H-pyrrole nitrogens is 3. The molecule has 0 unspecified atom stereocenters. The van der Waals surface area contributed by atoms with E-state index in [0.29, 0.717) is 0 Å². The van der Waals surface area contributed by atoms with Crippen LogP contribution < -0.4 is 39.8 Å². The van der Waals surface area contributed by atoms with Gasteiger partial charge in [0.05, 0.1) is 0 Å². The molecule has 0 aliphatic heterocycles. The van der Waals surface area contributed by atoms with E-state index in [4.69, 9.17) is 69.6 Å². The predicted molar refractivity (Wildman–Crippen MR) is 149 cm³/mol. The average Bonchev–Trinajstić information content (AvgIpc) is 3.52. The van der Waals surface area contributed by atoms with E-state index in [-0.39, 0.29) is 49.9 Å². The Morgan fingerprint density at radius 3 is 0.816 bits per heavy atom. The van der Waals surface area contributed by atoms with Crippen molar-refractivity contribution in [3.63, 3.8) is 0 Å². The zero-order valence-corrected chi connectivity index (χ0v) is 27.7. The van der Waals surface area contributed by atoms with E-state index < -0.39 is 0 Å². The Balaban J connectivity index is -0.000000397. The molecule has 0 saturated heterocycles. The molecule has 3 N–H and O–H groups in total. The molecule has 0 saturated carbocycles. The number of halogens is 9. The van der Waals surface area contributed by atoms with Crippen molar-refractivity contribution in [1.29, 1.82) is 0 Å². The predicted octanol–water partition coefficient (Wildman–Crippen LogP) is 2.93. The van der Waals surface area contributed by atoms with E-state index in [2.05, 4.69) is 24.3 Å². The normalized spacial score (nSPS) is 8.05. The molecule has 0 atom stereocenters. The van der Waals surface area contributed by atoms with E-state index in [1.807, 2.05) is 116 Å². The van der Waals surface area contributed by atoms with E-state index in [9.17, 15) is 0 Å². The Hall–Kier alpha value is -0.526. The summed E-state index contributed by atoms with van der Waals surface area (Å²) in [6.07, 6.45) is 11.2. The number of hydrogen-bond donors (Lipinski definition) is 0. The molecule has 0 aliphatic carbocycles. The Morgan fingerprint density at radius 2 is 0.737 bits per heavy atom. The minimum Gasteiger partial charge on any atom is -0.218 e. The molecule has 0 spiro atoms. The molecule has 204 valence electrons. The van der Waals surface area contributed by atoms with Crippen LogP contribution in [0.1, 0.15) is 0 Å². The van der Waals surface area contributed by atoms with Gasteiger partial charge < -0.3 is 24.8 Å². The minimum absolute atomic E-state index is 0. The van der Waals surface area contributed by atoms with Gasteiger partial charge in [-0.2, -0.15) is 58.5 Å². The van der Waals surface area contributed by atoms with Crippen LogP contribution in [-0.2, 0) is 19.4 Å². The zero-order valence-electron chi connectivity index (χ0n) is 19.4. The van der Waals surface area contributed by atoms with Gasteiger partial charge in [0.1, 0.15) is 0 Å². The molecule has 5 rings (SSSR count). The second kappa shape index (κ2) is 29.5. The van der Waals surface area contributed by atoms with Gasteiger partial charge in [-0.05, 0) is 15.1 Å². The number of hydrogen-bond acceptors (Lipinski definition) is 0. The molecule has 0 bridgehead atoms. The summed E-state index contributed by atoms with van der Waals surface area (Å²) in [4.78, 5) is 8.68. The molecular weight excluding hydrogens is 709 g/mol. The topological polar surface area (TPSA) is 42.4 Å². The minimum atomic E-state index is 0. The molecule has 13 heteroatoms. The van der Waals surface area contributed by atoms with Gasteiger partial charge in [-0.1, -0.05) is 33.3 Å². The van der Waals surface area contributed by atoms with Crippen LogP contribution in [0.15, 0.2) is 116 Å². The quantitative estimate of drug-likeness (QED) is 0.174. The maximum Gasteiger partial charge on any atom is 0.166 e. The zero-order chi connectivity index (χ0) is 27.0. The number of rotatable bonds is 0. The maximum atomic E-state index is 5.57. The van der Waals surface area contributed by atoms with Crippen LogP contribution in [0.25, 0.3) is 0 Å². The summed E-state index contributed by atoms with van der Waals surface area (Å²) in [6, 6.07) is 25.1. The summed E-state index contributed by atoms with van der Waals surface area (Å²) in [6.45, 7) is 0. The fourth-order valence-corrected chi connectivity index (χ4v) is 3.19. The van der Waals surface area contributed by atoms with Crippen LogP contribution in [0.4, 0.5) is 0 Å². The standard InChI is InChI=1S/C5Cl5.C5H4Cl.3C5H5N.3ClH.Ti/c6-1-2(7)4(9)5(10)3(1)8;6-5-3-1-2-4-5;3*1-2-4-6-5-3-1;;;;/h;1-4H;3*1-5H;3*1H;/q2*-1;;;;;;;+2. The maximum absolute atomic E-state index is 5.57. The third kappa shape index (κ3) is 21.3. The van der Waals surface area contributed by atoms with Crippen molar-refractivity contribution in [2.45, 2.75) is 0 Å². The van der Waals surface area contributed by atoms with Crippen molar-refractivity contribution in [3.8, 4) is 0 Å². The van der Waals surface area contributed by atoms with Crippen LogP contribution >= 0.6 is 78.9 Å². The van der Waals surface area contributed by atoms with Gasteiger partial charge in [0.15, 0.2) is 37.2 Å². The number of nitrogens with one attached hydrogen (secondary N) is 3. The average molecular weight is 731 g/mol. The van der Waals surface area contributed by atoms with Crippen LogP contribution in [0, 0.1) is 0 Å². The molecule has 38 heavy (non-hydrogen) atoms. The number of aromatic nitrogens is 3. The monoisotopic (exact) mass is 727 g/mol. The first-order valence-electron chi connectivity index (χ1n) is 9.88. The van der Waals surface area contributed by atoms with Gasteiger partial charge in [0, 0.05) is 36.4 Å². The fourth-order valence-electron chi connectivity index (χ4n) is 1.86. The van der Waals surface area contributed by atoms with Gasteiger partial charge in [-0.3, -0.25) is 0 Å².